The van der Waals surface area contributed by atoms with E-state index in [1.165, 1.54) is 28.6 Å². The smallest absolute Gasteiger partial charge is 0.243 e. The van der Waals surface area contributed by atoms with Gasteiger partial charge in [-0.25, -0.2) is 17.2 Å². The van der Waals surface area contributed by atoms with E-state index >= 15 is 0 Å². The number of piperazine rings is 1. The third-order valence-electron chi connectivity index (χ3n) is 6.44. The monoisotopic (exact) mass is 534 g/mol. The van der Waals surface area contributed by atoms with Crippen LogP contribution in [0.15, 0.2) is 65.6 Å². The molecule has 1 saturated heterocycles. The number of benzene rings is 3. The van der Waals surface area contributed by atoms with Gasteiger partial charge in [-0.05, 0) is 72.5 Å². The summed E-state index contributed by atoms with van der Waals surface area (Å²) in [5, 5.41) is 0.552. The largest absolute Gasteiger partial charge is 0.367 e. The molecule has 0 aliphatic carbocycles. The number of halogens is 3. The second kappa shape index (κ2) is 11.4. The van der Waals surface area contributed by atoms with Gasteiger partial charge in [0.2, 0.25) is 10.0 Å². The van der Waals surface area contributed by atoms with Crippen LogP contribution in [-0.4, -0.2) is 57.0 Å². The van der Waals surface area contributed by atoms with Crippen LogP contribution >= 0.6 is 11.6 Å². The molecule has 3 aromatic rings. The Morgan fingerprint density at radius 3 is 1.92 bits per heavy atom. The molecule has 192 valence electrons. The molecule has 1 aliphatic heterocycles. The number of sulfonamides is 1. The van der Waals surface area contributed by atoms with E-state index in [9.17, 15) is 17.2 Å². The van der Waals surface area contributed by atoms with Crippen molar-refractivity contribution in [2.45, 2.75) is 24.8 Å². The Labute approximate surface area is 216 Å². The van der Waals surface area contributed by atoms with Crippen molar-refractivity contribution in [2.24, 2.45) is 0 Å². The lowest BCUT2D eigenvalue weighted by molar-refractivity contribution is 0.0526. The molecule has 0 radical (unpaired) electrons. The average molecular weight is 535 g/mol. The fourth-order valence-corrected chi connectivity index (χ4v) is 6.26. The summed E-state index contributed by atoms with van der Waals surface area (Å²) in [6.07, 6.45) is -0.469. The van der Waals surface area contributed by atoms with Crippen molar-refractivity contribution in [1.29, 1.82) is 0 Å². The van der Waals surface area contributed by atoms with Gasteiger partial charge in [0.15, 0.2) is 0 Å². The summed E-state index contributed by atoms with van der Waals surface area (Å²) < 4.78 is 61.0. The molecule has 1 heterocycles. The standard InChI is InChI=1S/C27H29ClF2N2O3S/c1-19-18-26(20(2)17-25(19)28)36(33,34)32-13-11-31(12-14-32)15-16-35-27(21-3-7-23(29)8-4-21)22-5-9-24(30)10-6-22/h3-10,17-18,27H,11-16H2,1-2H3. The summed E-state index contributed by atoms with van der Waals surface area (Å²) in [5.74, 6) is -0.679. The lowest BCUT2D eigenvalue weighted by atomic mass is 10.0. The maximum absolute atomic E-state index is 13.4. The van der Waals surface area contributed by atoms with E-state index in [4.69, 9.17) is 16.3 Å². The summed E-state index contributed by atoms with van der Waals surface area (Å²) in [5.41, 5.74) is 2.91. The van der Waals surface area contributed by atoms with Crippen LogP contribution in [0, 0.1) is 25.5 Å². The summed E-state index contributed by atoms with van der Waals surface area (Å²) in [6.45, 7) is 6.44. The van der Waals surface area contributed by atoms with E-state index in [-0.39, 0.29) is 11.6 Å². The Bertz CT molecular complexity index is 1250. The van der Waals surface area contributed by atoms with Crippen molar-refractivity contribution in [3.05, 3.63) is 99.6 Å². The van der Waals surface area contributed by atoms with Crippen molar-refractivity contribution < 1.29 is 21.9 Å². The molecule has 0 N–H and O–H groups in total. The van der Waals surface area contributed by atoms with Crippen LogP contribution in [0.2, 0.25) is 5.02 Å². The van der Waals surface area contributed by atoms with Crippen molar-refractivity contribution >= 4 is 21.6 Å². The molecular formula is C27H29ClF2N2O3S. The normalized spacial score (nSPS) is 15.5. The van der Waals surface area contributed by atoms with E-state index in [1.54, 1.807) is 50.2 Å². The van der Waals surface area contributed by atoms with Gasteiger partial charge in [0.1, 0.15) is 17.7 Å². The number of hydrogen-bond acceptors (Lipinski definition) is 4. The number of nitrogens with zero attached hydrogens (tertiary/aromatic N) is 2. The summed E-state index contributed by atoms with van der Waals surface area (Å²) in [6, 6.07) is 15.5. The van der Waals surface area contributed by atoms with Crippen LogP contribution in [-0.2, 0) is 14.8 Å². The third-order valence-corrected chi connectivity index (χ3v) is 8.89. The quantitative estimate of drug-likeness (QED) is 0.391. The highest BCUT2D eigenvalue weighted by molar-refractivity contribution is 7.89. The van der Waals surface area contributed by atoms with E-state index in [2.05, 4.69) is 4.90 Å². The molecule has 3 aromatic carbocycles. The maximum atomic E-state index is 13.4. The minimum atomic E-state index is -3.61. The zero-order chi connectivity index (χ0) is 25.9. The van der Waals surface area contributed by atoms with Gasteiger partial charge in [-0.3, -0.25) is 4.90 Å². The predicted molar refractivity (Wildman–Crippen MR) is 137 cm³/mol. The molecule has 0 saturated carbocycles. The van der Waals surface area contributed by atoms with E-state index in [0.29, 0.717) is 54.8 Å². The van der Waals surface area contributed by atoms with Gasteiger partial charge in [0.25, 0.3) is 0 Å². The van der Waals surface area contributed by atoms with Crippen LogP contribution in [0.1, 0.15) is 28.4 Å². The molecule has 1 fully saturated rings. The van der Waals surface area contributed by atoms with E-state index < -0.39 is 16.1 Å². The van der Waals surface area contributed by atoms with Gasteiger partial charge < -0.3 is 4.74 Å². The molecule has 36 heavy (non-hydrogen) atoms. The zero-order valence-corrected chi connectivity index (χ0v) is 21.8. The van der Waals surface area contributed by atoms with E-state index in [1.807, 2.05) is 0 Å². The molecule has 0 atom stereocenters. The van der Waals surface area contributed by atoms with Crippen molar-refractivity contribution in [1.82, 2.24) is 9.21 Å². The molecule has 4 rings (SSSR count). The van der Waals surface area contributed by atoms with Gasteiger partial charge in [-0.2, -0.15) is 4.31 Å². The molecule has 0 spiro atoms. The molecule has 0 unspecified atom stereocenters. The summed E-state index contributed by atoms with van der Waals surface area (Å²) in [7, 11) is -3.61. The van der Waals surface area contributed by atoms with E-state index in [0.717, 1.165) is 16.7 Å². The van der Waals surface area contributed by atoms with Crippen molar-refractivity contribution in [3.63, 3.8) is 0 Å². The molecule has 0 aromatic heterocycles. The number of aryl methyl sites for hydroxylation is 2. The molecular weight excluding hydrogens is 506 g/mol. The van der Waals surface area contributed by atoms with Crippen LogP contribution in [0.5, 0.6) is 0 Å². The molecule has 1 aliphatic rings. The molecule has 0 bridgehead atoms. The first-order valence-corrected chi connectivity index (χ1v) is 13.6. The fraction of sp³-hybridized carbons (Fsp3) is 0.333. The van der Waals surface area contributed by atoms with Gasteiger partial charge in [-0.15, -0.1) is 0 Å². The average Bonchev–Trinajstić information content (AvgIpc) is 2.86. The number of rotatable bonds is 8. The predicted octanol–water partition coefficient (Wildman–Crippen LogP) is 5.35. The van der Waals surface area contributed by atoms with Crippen LogP contribution < -0.4 is 0 Å². The Kier molecular flexibility index (Phi) is 8.42. The van der Waals surface area contributed by atoms with Gasteiger partial charge in [0.05, 0.1) is 11.5 Å². The lowest BCUT2D eigenvalue weighted by Crippen LogP contribution is -2.49. The topological polar surface area (TPSA) is 49.9 Å². The lowest BCUT2D eigenvalue weighted by Gasteiger charge is -2.34. The minimum Gasteiger partial charge on any atom is -0.367 e. The highest BCUT2D eigenvalue weighted by atomic mass is 35.5. The summed E-state index contributed by atoms with van der Waals surface area (Å²) >= 11 is 6.14. The van der Waals surface area contributed by atoms with Crippen molar-refractivity contribution in [3.8, 4) is 0 Å². The van der Waals surface area contributed by atoms with Crippen molar-refractivity contribution in [2.75, 3.05) is 39.3 Å². The van der Waals surface area contributed by atoms with Gasteiger partial charge in [-0.1, -0.05) is 35.9 Å². The first-order chi connectivity index (χ1) is 17.1. The first kappa shape index (κ1) is 26.7. The second-order valence-electron chi connectivity index (χ2n) is 8.97. The first-order valence-electron chi connectivity index (χ1n) is 11.8. The Morgan fingerprint density at radius 2 is 1.39 bits per heavy atom. The fourth-order valence-electron chi connectivity index (χ4n) is 4.32. The zero-order valence-electron chi connectivity index (χ0n) is 20.3. The highest BCUT2D eigenvalue weighted by Crippen LogP contribution is 2.28. The van der Waals surface area contributed by atoms with Gasteiger partial charge >= 0.3 is 0 Å². The minimum absolute atomic E-state index is 0.294. The molecule has 0 amide bonds. The second-order valence-corrected chi connectivity index (χ2v) is 11.3. The molecule has 5 nitrogen and oxygen atoms in total. The molecule has 9 heteroatoms. The maximum Gasteiger partial charge on any atom is 0.243 e. The summed E-state index contributed by atoms with van der Waals surface area (Å²) in [4.78, 5) is 2.45. The Morgan fingerprint density at radius 1 is 0.861 bits per heavy atom. The third kappa shape index (κ3) is 6.12. The highest BCUT2D eigenvalue weighted by Gasteiger charge is 2.30. The van der Waals surface area contributed by atoms with Gasteiger partial charge in [0, 0.05) is 37.7 Å². The number of ether oxygens (including phenoxy) is 1. The number of hydrogen-bond donors (Lipinski definition) is 0. The van der Waals surface area contributed by atoms with Crippen LogP contribution in [0.25, 0.3) is 0 Å². The van der Waals surface area contributed by atoms with Crippen LogP contribution in [0.3, 0.4) is 0 Å². The van der Waals surface area contributed by atoms with Crippen LogP contribution in [0.4, 0.5) is 8.78 Å². The Balaban J connectivity index is 1.36. The SMILES string of the molecule is Cc1cc(S(=O)(=O)N2CCN(CCOC(c3ccc(F)cc3)c3ccc(F)cc3)CC2)c(C)cc1Cl. The Hall–Kier alpha value is -2.36.